The molecule has 3 aromatic heterocycles. The van der Waals surface area contributed by atoms with E-state index < -0.39 is 11.9 Å². The van der Waals surface area contributed by atoms with Crippen molar-refractivity contribution in [3.8, 4) is 41.0 Å². The van der Waals surface area contributed by atoms with E-state index in [2.05, 4.69) is 21.0 Å². The summed E-state index contributed by atoms with van der Waals surface area (Å²) in [6.45, 7) is 3.20. The molecular formula is C25H21F3N6O4. The van der Waals surface area contributed by atoms with Crippen LogP contribution in [-0.2, 0) is 17.5 Å². The number of terminal acetylenes is 1. The number of imidazole rings is 1. The van der Waals surface area contributed by atoms with Crippen molar-refractivity contribution in [2.24, 2.45) is 0 Å². The maximum absolute atomic E-state index is 13.7. The third-order valence-corrected chi connectivity index (χ3v) is 5.97. The normalized spacial score (nSPS) is 14.0. The number of halogens is 3. The molecule has 0 atom stereocenters. The Hall–Kier alpha value is -4.57. The summed E-state index contributed by atoms with van der Waals surface area (Å²) in [4.78, 5) is 22.9. The second-order valence-corrected chi connectivity index (χ2v) is 8.50. The lowest BCUT2D eigenvalue weighted by atomic mass is 10.1. The number of carbonyl (C=O) groups is 1. The number of phenolic OH excluding ortho intramolecular Hbond substituents is 1. The Balaban J connectivity index is 1.49. The fraction of sp³-hybridized carbons (Fsp3) is 0.280. The lowest BCUT2D eigenvalue weighted by Gasteiger charge is -2.27. The smallest absolute Gasteiger partial charge is 0.435 e. The molecule has 1 aliphatic heterocycles. The van der Waals surface area contributed by atoms with Crippen LogP contribution in [0.4, 0.5) is 13.2 Å². The fourth-order valence-electron chi connectivity index (χ4n) is 4.27. The molecule has 10 nitrogen and oxygen atoms in total. The number of rotatable bonds is 5. The number of carbonyl (C=O) groups excluding carboxylic acids is 1. The monoisotopic (exact) mass is 526 g/mol. The van der Waals surface area contributed by atoms with Gasteiger partial charge in [0.15, 0.2) is 5.69 Å². The predicted octanol–water partition coefficient (Wildman–Crippen LogP) is 3.52. The average Bonchev–Trinajstić information content (AvgIpc) is 3.49. The number of nitrogens with zero attached hydrogens (tertiary/aromatic N) is 6. The molecule has 0 aliphatic carbocycles. The van der Waals surface area contributed by atoms with Gasteiger partial charge in [0.25, 0.3) is 11.8 Å². The van der Waals surface area contributed by atoms with Crippen molar-refractivity contribution < 1.29 is 32.5 Å². The quantitative estimate of drug-likeness (QED) is 0.397. The summed E-state index contributed by atoms with van der Waals surface area (Å²) in [5, 5.41) is 14.2. The molecule has 1 fully saturated rings. The number of hydrogen-bond donors (Lipinski definition) is 1. The Labute approximate surface area is 214 Å². The van der Waals surface area contributed by atoms with Crippen molar-refractivity contribution >= 4 is 11.6 Å². The van der Waals surface area contributed by atoms with Gasteiger partial charge in [-0.1, -0.05) is 5.92 Å². The number of morpholine rings is 1. The molecule has 38 heavy (non-hydrogen) atoms. The Morgan fingerprint density at radius 1 is 1.26 bits per heavy atom. The minimum Gasteiger partial charge on any atom is -0.507 e. The SMILES string of the molecule is C#CCn1cc(-c2cnc3c(Oc4cc(C)c(C(=O)N5CCOCC5)c(O)c4)nccn23)c(C(F)(F)F)n1. The van der Waals surface area contributed by atoms with Crippen LogP contribution in [-0.4, -0.2) is 66.4 Å². The molecule has 1 amide bonds. The van der Waals surface area contributed by atoms with Gasteiger partial charge in [-0.2, -0.15) is 18.3 Å². The molecule has 1 saturated heterocycles. The van der Waals surface area contributed by atoms with E-state index in [1.807, 2.05) is 0 Å². The molecule has 4 aromatic rings. The Kier molecular flexibility index (Phi) is 6.41. The molecule has 13 heteroatoms. The number of aromatic nitrogens is 5. The Morgan fingerprint density at radius 3 is 2.71 bits per heavy atom. The molecule has 1 N–H and O–H groups in total. The summed E-state index contributed by atoms with van der Waals surface area (Å²) in [6, 6.07) is 2.84. The molecule has 5 rings (SSSR count). The van der Waals surface area contributed by atoms with Crippen molar-refractivity contribution in [3.63, 3.8) is 0 Å². The first kappa shape index (κ1) is 25.1. The van der Waals surface area contributed by atoms with Gasteiger partial charge in [0, 0.05) is 37.7 Å². The Morgan fingerprint density at radius 2 is 2.03 bits per heavy atom. The third kappa shape index (κ3) is 4.61. The molecule has 4 heterocycles. The number of benzene rings is 1. The second kappa shape index (κ2) is 9.71. The number of fused-ring (bicyclic) bond motifs is 1. The first-order valence-corrected chi connectivity index (χ1v) is 11.5. The van der Waals surface area contributed by atoms with Gasteiger partial charge < -0.3 is 19.5 Å². The van der Waals surface area contributed by atoms with Gasteiger partial charge in [0.2, 0.25) is 5.65 Å². The number of phenols is 1. The van der Waals surface area contributed by atoms with Crippen LogP contribution < -0.4 is 4.74 Å². The number of amides is 1. The largest absolute Gasteiger partial charge is 0.507 e. The maximum Gasteiger partial charge on any atom is 0.435 e. The van der Waals surface area contributed by atoms with Gasteiger partial charge >= 0.3 is 6.18 Å². The molecule has 196 valence electrons. The topological polar surface area (TPSA) is 107 Å². The van der Waals surface area contributed by atoms with Crippen LogP contribution in [0.3, 0.4) is 0 Å². The number of aryl methyl sites for hydroxylation is 1. The first-order chi connectivity index (χ1) is 18.2. The number of hydrogen-bond acceptors (Lipinski definition) is 7. The van der Waals surface area contributed by atoms with Crippen LogP contribution in [0.2, 0.25) is 0 Å². The van der Waals surface area contributed by atoms with Gasteiger partial charge in [-0.3, -0.25) is 13.9 Å². The van der Waals surface area contributed by atoms with Gasteiger partial charge in [0.05, 0.1) is 36.2 Å². The van der Waals surface area contributed by atoms with Gasteiger partial charge in [0.1, 0.15) is 18.0 Å². The fourth-order valence-corrected chi connectivity index (χ4v) is 4.27. The highest BCUT2D eigenvalue weighted by Gasteiger charge is 2.38. The summed E-state index contributed by atoms with van der Waals surface area (Å²) in [5.41, 5.74) is -0.452. The van der Waals surface area contributed by atoms with Crippen LogP contribution >= 0.6 is 0 Å². The lowest BCUT2D eigenvalue weighted by Crippen LogP contribution is -2.41. The number of aromatic hydroxyl groups is 1. The van der Waals surface area contributed by atoms with Crippen molar-refractivity contribution in [1.29, 1.82) is 0 Å². The lowest BCUT2D eigenvalue weighted by molar-refractivity contribution is -0.141. The summed E-state index contributed by atoms with van der Waals surface area (Å²) < 4.78 is 54.6. The minimum absolute atomic E-state index is 0.0191. The molecule has 1 aliphatic rings. The van der Waals surface area contributed by atoms with Crippen LogP contribution in [0.1, 0.15) is 21.6 Å². The van der Waals surface area contributed by atoms with Crippen molar-refractivity contribution in [1.82, 2.24) is 29.0 Å². The van der Waals surface area contributed by atoms with E-state index in [1.54, 1.807) is 17.9 Å². The standard InChI is InChI=1S/C25H21F3N6O4/c1-3-5-33-14-17(21(31-33)25(26,27)28)18-13-30-22-23(29-4-6-34(18)22)38-16-11-15(2)20(19(35)12-16)24(36)32-7-9-37-10-8-32/h1,4,6,11-14,35H,5,7-10H2,2H3. The number of ether oxygens (including phenoxy) is 2. The molecule has 0 saturated carbocycles. The summed E-state index contributed by atoms with van der Waals surface area (Å²) in [7, 11) is 0. The van der Waals surface area contributed by atoms with E-state index in [4.69, 9.17) is 15.9 Å². The average molecular weight is 526 g/mol. The third-order valence-electron chi connectivity index (χ3n) is 5.97. The van der Waals surface area contributed by atoms with E-state index >= 15 is 0 Å². The van der Waals surface area contributed by atoms with Crippen LogP contribution in [0, 0.1) is 19.3 Å². The second-order valence-electron chi connectivity index (χ2n) is 8.50. The first-order valence-electron chi connectivity index (χ1n) is 11.5. The number of alkyl halides is 3. The summed E-state index contributed by atoms with van der Waals surface area (Å²) in [5.74, 6) is 1.82. The zero-order valence-corrected chi connectivity index (χ0v) is 20.1. The zero-order chi connectivity index (χ0) is 27.0. The van der Waals surface area contributed by atoms with Crippen LogP contribution in [0.5, 0.6) is 17.4 Å². The molecule has 1 aromatic carbocycles. The maximum atomic E-state index is 13.7. The van der Waals surface area contributed by atoms with E-state index in [-0.39, 0.29) is 52.3 Å². The van der Waals surface area contributed by atoms with E-state index in [0.29, 0.717) is 31.9 Å². The molecule has 0 unspecified atom stereocenters. The van der Waals surface area contributed by atoms with Crippen LogP contribution in [0.25, 0.3) is 16.9 Å². The highest BCUT2D eigenvalue weighted by Crippen LogP contribution is 2.38. The van der Waals surface area contributed by atoms with Gasteiger partial charge in [-0.05, 0) is 18.6 Å². The predicted molar refractivity (Wildman–Crippen MR) is 128 cm³/mol. The molecule has 0 bridgehead atoms. The molecule has 0 spiro atoms. The van der Waals surface area contributed by atoms with Crippen molar-refractivity contribution in [2.45, 2.75) is 19.6 Å². The Bertz CT molecular complexity index is 1540. The summed E-state index contributed by atoms with van der Waals surface area (Å²) >= 11 is 0. The van der Waals surface area contributed by atoms with E-state index in [0.717, 1.165) is 4.68 Å². The van der Waals surface area contributed by atoms with Crippen molar-refractivity contribution in [3.05, 3.63) is 53.7 Å². The van der Waals surface area contributed by atoms with Gasteiger partial charge in [-0.25, -0.2) is 9.97 Å². The van der Waals surface area contributed by atoms with Crippen molar-refractivity contribution in [2.75, 3.05) is 26.3 Å². The molecular weight excluding hydrogens is 505 g/mol. The zero-order valence-electron chi connectivity index (χ0n) is 20.1. The van der Waals surface area contributed by atoms with Crippen LogP contribution in [0.15, 0.2) is 36.9 Å². The van der Waals surface area contributed by atoms with E-state index in [1.165, 1.54) is 35.3 Å². The van der Waals surface area contributed by atoms with Gasteiger partial charge in [-0.15, -0.1) is 6.42 Å². The summed E-state index contributed by atoms with van der Waals surface area (Å²) in [6.07, 6.45) is 5.76. The highest BCUT2D eigenvalue weighted by molar-refractivity contribution is 5.98. The highest BCUT2D eigenvalue weighted by atomic mass is 19.4. The van der Waals surface area contributed by atoms with E-state index in [9.17, 15) is 23.1 Å². The minimum atomic E-state index is -4.72. The molecule has 0 radical (unpaired) electrons.